The Balaban J connectivity index is 2.14. The maximum atomic E-state index is 12.2. The minimum absolute atomic E-state index is 0.333. The fraction of sp³-hybridized carbons (Fsp3) is 0.286. The number of halogens is 2. The lowest BCUT2D eigenvalue weighted by Crippen LogP contribution is -2.34. The standard InChI is InChI=1S/C14H13Cl2NO3/c15-8-5-9(16)7-10(6-8)17-13(18)11-3-1-2-4-12(11)14(19)20/h1-2,5-7,11-12H,3-4H2,(H,17,18)(H,19,20)/t11-,12-/m0/s1. The number of hydrogen-bond donors (Lipinski definition) is 2. The van der Waals surface area contributed by atoms with Crippen LogP contribution in [-0.4, -0.2) is 17.0 Å². The molecule has 0 aromatic heterocycles. The van der Waals surface area contributed by atoms with Crippen molar-refractivity contribution in [2.45, 2.75) is 12.8 Å². The number of carboxylic acids is 1. The third kappa shape index (κ3) is 3.52. The maximum Gasteiger partial charge on any atom is 0.307 e. The predicted octanol–water partition coefficient (Wildman–Crippen LogP) is 3.60. The van der Waals surface area contributed by atoms with Crippen LogP contribution in [0.25, 0.3) is 0 Å². The molecule has 0 heterocycles. The van der Waals surface area contributed by atoms with Crippen molar-refractivity contribution in [1.82, 2.24) is 0 Å². The van der Waals surface area contributed by atoms with Crippen molar-refractivity contribution < 1.29 is 14.7 Å². The molecule has 0 saturated heterocycles. The van der Waals surface area contributed by atoms with Gasteiger partial charge < -0.3 is 10.4 Å². The topological polar surface area (TPSA) is 66.4 Å². The van der Waals surface area contributed by atoms with Crippen LogP contribution in [0.2, 0.25) is 10.0 Å². The molecule has 0 saturated carbocycles. The summed E-state index contributed by atoms with van der Waals surface area (Å²) in [6.07, 6.45) is 4.40. The van der Waals surface area contributed by atoms with Gasteiger partial charge in [-0.3, -0.25) is 9.59 Å². The summed E-state index contributed by atoms with van der Waals surface area (Å²) in [6.45, 7) is 0. The molecule has 0 bridgehead atoms. The Morgan fingerprint density at radius 3 is 2.15 bits per heavy atom. The van der Waals surface area contributed by atoms with Gasteiger partial charge in [-0.1, -0.05) is 35.4 Å². The van der Waals surface area contributed by atoms with E-state index in [9.17, 15) is 9.59 Å². The zero-order valence-electron chi connectivity index (χ0n) is 10.5. The van der Waals surface area contributed by atoms with Gasteiger partial charge in [0.15, 0.2) is 0 Å². The first-order chi connectivity index (χ1) is 9.47. The summed E-state index contributed by atoms with van der Waals surface area (Å²) in [4.78, 5) is 23.4. The van der Waals surface area contributed by atoms with Gasteiger partial charge in [-0.15, -0.1) is 0 Å². The van der Waals surface area contributed by atoms with Crippen molar-refractivity contribution in [2.24, 2.45) is 11.8 Å². The van der Waals surface area contributed by atoms with Crippen LogP contribution in [0.4, 0.5) is 5.69 Å². The molecule has 106 valence electrons. The number of allylic oxidation sites excluding steroid dienone is 2. The maximum absolute atomic E-state index is 12.2. The summed E-state index contributed by atoms with van der Waals surface area (Å²) in [7, 11) is 0. The molecule has 2 rings (SSSR count). The highest BCUT2D eigenvalue weighted by atomic mass is 35.5. The lowest BCUT2D eigenvalue weighted by Gasteiger charge is -2.24. The lowest BCUT2D eigenvalue weighted by molar-refractivity contribution is -0.146. The lowest BCUT2D eigenvalue weighted by atomic mass is 9.82. The number of carbonyl (C=O) groups is 2. The first-order valence-electron chi connectivity index (χ1n) is 6.12. The molecule has 4 nitrogen and oxygen atoms in total. The Bertz CT molecular complexity index is 551. The fourth-order valence-corrected chi connectivity index (χ4v) is 2.76. The van der Waals surface area contributed by atoms with E-state index in [0.29, 0.717) is 28.6 Å². The van der Waals surface area contributed by atoms with Crippen LogP contribution in [0.3, 0.4) is 0 Å². The summed E-state index contributed by atoms with van der Waals surface area (Å²) in [6, 6.07) is 4.70. The number of hydrogen-bond acceptors (Lipinski definition) is 2. The molecule has 0 unspecified atom stereocenters. The summed E-state index contributed by atoms with van der Waals surface area (Å²) in [5.41, 5.74) is 0.464. The number of anilines is 1. The van der Waals surface area contributed by atoms with Gasteiger partial charge in [0.25, 0.3) is 0 Å². The Morgan fingerprint density at radius 2 is 1.60 bits per heavy atom. The van der Waals surface area contributed by atoms with E-state index >= 15 is 0 Å². The zero-order valence-corrected chi connectivity index (χ0v) is 12.0. The van der Waals surface area contributed by atoms with Crippen LogP contribution in [0.1, 0.15) is 12.8 Å². The van der Waals surface area contributed by atoms with Crippen LogP contribution >= 0.6 is 23.2 Å². The van der Waals surface area contributed by atoms with Crippen molar-refractivity contribution >= 4 is 40.8 Å². The highest BCUT2D eigenvalue weighted by molar-refractivity contribution is 6.35. The average Bonchev–Trinajstić information content (AvgIpc) is 2.37. The molecular weight excluding hydrogens is 301 g/mol. The molecule has 6 heteroatoms. The van der Waals surface area contributed by atoms with Gasteiger partial charge in [0, 0.05) is 15.7 Å². The Kier molecular flexibility index (Phi) is 4.68. The van der Waals surface area contributed by atoms with Gasteiger partial charge in [-0.2, -0.15) is 0 Å². The summed E-state index contributed by atoms with van der Waals surface area (Å²) < 4.78 is 0. The van der Waals surface area contributed by atoms with Gasteiger partial charge in [0.2, 0.25) is 5.91 Å². The molecule has 1 aromatic carbocycles. The molecule has 1 aliphatic carbocycles. The highest BCUT2D eigenvalue weighted by Gasteiger charge is 2.33. The van der Waals surface area contributed by atoms with Crippen molar-refractivity contribution in [3.63, 3.8) is 0 Å². The number of rotatable bonds is 3. The molecular formula is C14H13Cl2NO3. The monoisotopic (exact) mass is 313 g/mol. The van der Waals surface area contributed by atoms with Gasteiger partial charge >= 0.3 is 5.97 Å². The quantitative estimate of drug-likeness (QED) is 0.838. The smallest absolute Gasteiger partial charge is 0.307 e. The molecule has 1 aliphatic rings. The van der Waals surface area contributed by atoms with Crippen molar-refractivity contribution in [3.05, 3.63) is 40.4 Å². The summed E-state index contributed by atoms with van der Waals surface area (Å²) in [5, 5.41) is 12.6. The number of nitrogens with one attached hydrogen (secondary N) is 1. The summed E-state index contributed by atoms with van der Waals surface area (Å²) >= 11 is 11.7. The Hall–Kier alpha value is -1.52. The van der Waals surface area contributed by atoms with E-state index in [0.717, 1.165) is 0 Å². The van der Waals surface area contributed by atoms with Crippen LogP contribution in [0.5, 0.6) is 0 Å². The molecule has 2 N–H and O–H groups in total. The van der Waals surface area contributed by atoms with Crippen LogP contribution < -0.4 is 5.32 Å². The molecule has 1 amide bonds. The second kappa shape index (κ2) is 6.29. The normalized spacial score (nSPS) is 21.5. The fourth-order valence-electron chi connectivity index (χ4n) is 2.24. The van der Waals surface area contributed by atoms with Crippen molar-refractivity contribution in [1.29, 1.82) is 0 Å². The number of carboxylic acid groups (broad SMARTS) is 1. The minimum atomic E-state index is -0.960. The van der Waals surface area contributed by atoms with E-state index in [-0.39, 0.29) is 5.91 Å². The number of amides is 1. The molecule has 1 aromatic rings. The molecule has 0 spiro atoms. The van der Waals surface area contributed by atoms with E-state index in [1.807, 2.05) is 6.08 Å². The number of carbonyl (C=O) groups excluding carboxylic acids is 1. The summed E-state index contributed by atoms with van der Waals surface area (Å²) in [5.74, 6) is -2.58. The Labute approximate surface area is 126 Å². The first-order valence-corrected chi connectivity index (χ1v) is 6.87. The van der Waals surface area contributed by atoms with E-state index in [1.165, 1.54) is 0 Å². The number of benzene rings is 1. The second-order valence-corrected chi connectivity index (χ2v) is 5.51. The number of aliphatic carboxylic acids is 1. The van der Waals surface area contributed by atoms with Crippen LogP contribution in [0, 0.1) is 11.8 Å². The van der Waals surface area contributed by atoms with E-state index in [1.54, 1.807) is 24.3 Å². The molecule has 20 heavy (non-hydrogen) atoms. The van der Waals surface area contributed by atoms with E-state index in [2.05, 4.69) is 5.32 Å². The predicted molar refractivity (Wildman–Crippen MR) is 78.1 cm³/mol. The van der Waals surface area contributed by atoms with Crippen molar-refractivity contribution in [3.8, 4) is 0 Å². The Morgan fingerprint density at radius 1 is 1.05 bits per heavy atom. The first kappa shape index (κ1) is 14.9. The van der Waals surface area contributed by atoms with Gasteiger partial charge in [-0.25, -0.2) is 0 Å². The third-order valence-electron chi connectivity index (χ3n) is 3.22. The van der Waals surface area contributed by atoms with Gasteiger partial charge in [0.05, 0.1) is 11.8 Å². The van der Waals surface area contributed by atoms with Crippen molar-refractivity contribution in [2.75, 3.05) is 5.32 Å². The minimum Gasteiger partial charge on any atom is -0.481 e. The second-order valence-electron chi connectivity index (χ2n) is 4.64. The van der Waals surface area contributed by atoms with E-state index in [4.69, 9.17) is 28.3 Å². The molecule has 2 atom stereocenters. The molecule has 0 radical (unpaired) electrons. The highest BCUT2D eigenvalue weighted by Crippen LogP contribution is 2.28. The zero-order chi connectivity index (χ0) is 14.7. The van der Waals surface area contributed by atoms with Crippen LogP contribution in [0.15, 0.2) is 30.4 Å². The average molecular weight is 314 g/mol. The largest absolute Gasteiger partial charge is 0.481 e. The van der Waals surface area contributed by atoms with Gasteiger partial charge in [0.1, 0.15) is 0 Å². The molecule has 0 aliphatic heterocycles. The van der Waals surface area contributed by atoms with Gasteiger partial charge in [-0.05, 0) is 31.0 Å². The third-order valence-corrected chi connectivity index (χ3v) is 3.65. The van der Waals surface area contributed by atoms with E-state index < -0.39 is 17.8 Å². The van der Waals surface area contributed by atoms with Crippen LogP contribution in [-0.2, 0) is 9.59 Å². The molecule has 0 fully saturated rings. The SMILES string of the molecule is O=C(O)[C@H]1CC=CC[C@@H]1C(=O)Nc1cc(Cl)cc(Cl)c1.